The van der Waals surface area contributed by atoms with Gasteiger partial charge < -0.3 is 11.5 Å². The van der Waals surface area contributed by atoms with E-state index in [9.17, 15) is 0 Å². The molecule has 0 radical (unpaired) electrons. The SMILES string of the molecule is CCc1nc(N)nc2c1C(CN)CCC2. The van der Waals surface area contributed by atoms with Gasteiger partial charge in [0.1, 0.15) is 0 Å². The quantitative estimate of drug-likeness (QED) is 0.756. The Bertz CT molecular complexity index is 345. The first-order valence-electron chi connectivity index (χ1n) is 5.61. The second-order valence-corrected chi connectivity index (χ2v) is 4.07. The van der Waals surface area contributed by atoms with Crippen LogP contribution in [-0.2, 0) is 12.8 Å². The Morgan fingerprint density at radius 3 is 2.87 bits per heavy atom. The van der Waals surface area contributed by atoms with Crippen molar-refractivity contribution in [1.29, 1.82) is 0 Å². The number of anilines is 1. The second-order valence-electron chi connectivity index (χ2n) is 4.07. The van der Waals surface area contributed by atoms with Crippen molar-refractivity contribution in [3.8, 4) is 0 Å². The molecule has 1 aliphatic carbocycles. The van der Waals surface area contributed by atoms with E-state index in [0.29, 0.717) is 18.4 Å². The van der Waals surface area contributed by atoms with Crippen LogP contribution in [0.15, 0.2) is 0 Å². The van der Waals surface area contributed by atoms with Gasteiger partial charge in [-0.3, -0.25) is 0 Å². The summed E-state index contributed by atoms with van der Waals surface area (Å²) < 4.78 is 0. The molecule has 1 aromatic heterocycles. The number of nitrogen functional groups attached to an aromatic ring is 1. The Hall–Kier alpha value is -1.16. The maximum absolute atomic E-state index is 5.79. The van der Waals surface area contributed by atoms with Crippen molar-refractivity contribution in [2.75, 3.05) is 12.3 Å². The number of nitrogens with zero attached hydrogens (tertiary/aromatic N) is 2. The number of aryl methyl sites for hydroxylation is 2. The second kappa shape index (κ2) is 4.14. The van der Waals surface area contributed by atoms with Gasteiger partial charge in [-0.05, 0) is 43.7 Å². The van der Waals surface area contributed by atoms with Crippen molar-refractivity contribution in [1.82, 2.24) is 9.97 Å². The summed E-state index contributed by atoms with van der Waals surface area (Å²) in [5.74, 6) is 0.840. The Morgan fingerprint density at radius 1 is 1.40 bits per heavy atom. The first kappa shape index (κ1) is 10.4. The van der Waals surface area contributed by atoms with Crippen LogP contribution in [0.5, 0.6) is 0 Å². The van der Waals surface area contributed by atoms with Crippen LogP contribution in [0.25, 0.3) is 0 Å². The molecule has 0 saturated heterocycles. The van der Waals surface area contributed by atoms with Crippen LogP contribution in [0, 0.1) is 0 Å². The van der Waals surface area contributed by atoms with E-state index in [1.165, 1.54) is 5.56 Å². The minimum atomic E-state index is 0.406. The van der Waals surface area contributed by atoms with Gasteiger partial charge in [-0.25, -0.2) is 9.97 Å². The van der Waals surface area contributed by atoms with Crippen molar-refractivity contribution in [3.63, 3.8) is 0 Å². The number of rotatable bonds is 2. The smallest absolute Gasteiger partial charge is 0.220 e. The minimum Gasteiger partial charge on any atom is -0.368 e. The van der Waals surface area contributed by atoms with Crippen molar-refractivity contribution in [2.45, 2.75) is 38.5 Å². The number of hydrogen-bond donors (Lipinski definition) is 2. The molecule has 2 rings (SSSR count). The van der Waals surface area contributed by atoms with Gasteiger partial charge in [0.15, 0.2) is 0 Å². The Kier molecular flexibility index (Phi) is 2.86. The molecule has 0 fully saturated rings. The Balaban J connectivity index is 2.52. The number of aromatic nitrogens is 2. The monoisotopic (exact) mass is 206 g/mol. The molecule has 1 aromatic rings. The Labute approximate surface area is 90.1 Å². The molecule has 0 amide bonds. The molecule has 82 valence electrons. The summed E-state index contributed by atoms with van der Waals surface area (Å²) in [6.45, 7) is 2.79. The predicted molar refractivity (Wildman–Crippen MR) is 60.6 cm³/mol. The minimum absolute atomic E-state index is 0.406. The van der Waals surface area contributed by atoms with Crippen molar-refractivity contribution >= 4 is 5.95 Å². The van der Waals surface area contributed by atoms with Crippen LogP contribution in [0.3, 0.4) is 0 Å². The first-order chi connectivity index (χ1) is 7.26. The van der Waals surface area contributed by atoms with Gasteiger partial charge in [0.2, 0.25) is 5.95 Å². The van der Waals surface area contributed by atoms with E-state index in [1.807, 2.05) is 0 Å². The fourth-order valence-electron chi connectivity index (χ4n) is 2.42. The zero-order chi connectivity index (χ0) is 10.8. The van der Waals surface area contributed by atoms with Crippen LogP contribution >= 0.6 is 0 Å². The molecule has 4 N–H and O–H groups in total. The zero-order valence-electron chi connectivity index (χ0n) is 9.16. The number of fused-ring (bicyclic) bond motifs is 1. The molecular formula is C11H18N4. The lowest BCUT2D eigenvalue weighted by Crippen LogP contribution is -2.22. The summed E-state index contributed by atoms with van der Waals surface area (Å²) in [6.07, 6.45) is 4.25. The summed E-state index contributed by atoms with van der Waals surface area (Å²) in [7, 11) is 0. The summed E-state index contributed by atoms with van der Waals surface area (Å²) in [4.78, 5) is 8.65. The van der Waals surface area contributed by atoms with Gasteiger partial charge >= 0.3 is 0 Å². The van der Waals surface area contributed by atoms with Crippen LogP contribution in [0.4, 0.5) is 5.95 Å². The van der Waals surface area contributed by atoms with Crippen molar-refractivity contribution in [3.05, 3.63) is 17.0 Å². The lowest BCUT2D eigenvalue weighted by atomic mass is 9.84. The lowest BCUT2D eigenvalue weighted by Gasteiger charge is -2.25. The topological polar surface area (TPSA) is 77.8 Å². The molecule has 1 aliphatic rings. The third-order valence-corrected chi connectivity index (χ3v) is 3.11. The molecule has 4 heteroatoms. The predicted octanol–water partition coefficient (Wildman–Crippen LogP) is 1.000. The summed E-state index contributed by atoms with van der Waals surface area (Å²) in [6, 6.07) is 0. The van der Waals surface area contributed by atoms with E-state index in [1.54, 1.807) is 0 Å². The highest BCUT2D eigenvalue weighted by atomic mass is 15.0. The maximum Gasteiger partial charge on any atom is 0.220 e. The van der Waals surface area contributed by atoms with Gasteiger partial charge in [-0.1, -0.05) is 6.92 Å². The maximum atomic E-state index is 5.79. The van der Waals surface area contributed by atoms with E-state index in [2.05, 4.69) is 16.9 Å². The van der Waals surface area contributed by atoms with Gasteiger partial charge in [-0.15, -0.1) is 0 Å². The first-order valence-corrected chi connectivity index (χ1v) is 5.61. The average molecular weight is 206 g/mol. The molecule has 15 heavy (non-hydrogen) atoms. The Morgan fingerprint density at radius 2 is 2.20 bits per heavy atom. The summed E-state index contributed by atoms with van der Waals surface area (Å²) in [5.41, 5.74) is 15.0. The number of nitrogens with two attached hydrogens (primary N) is 2. The van der Waals surface area contributed by atoms with Crippen LogP contribution in [-0.4, -0.2) is 16.5 Å². The van der Waals surface area contributed by atoms with Gasteiger partial charge in [0, 0.05) is 11.4 Å². The van der Waals surface area contributed by atoms with E-state index < -0.39 is 0 Å². The zero-order valence-corrected chi connectivity index (χ0v) is 9.16. The molecule has 0 saturated carbocycles. The van der Waals surface area contributed by atoms with Crippen molar-refractivity contribution in [2.24, 2.45) is 5.73 Å². The van der Waals surface area contributed by atoms with Crippen molar-refractivity contribution < 1.29 is 0 Å². The molecule has 1 heterocycles. The lowest BCUT2D eigenvalue weighted by molar-refractivity contribution is 0.542. The van der Waals surface area contributed by atoms with E-state index >= 15 is 0 Å². The molecule has 4 nitrogen and oxygen atoms in total. The molecule has 0 aliphatic heterocycles. The van der Waals surface area contributed by atoms with Gasteiger partial charge in [0.05, 0.1) is 0 Å². The van der Waals surface area contributed by atoms with Crippen LogP contribution in [0.2, 0.25) is 0 Å². The molecule has 0 aromatic carbocycles. The summed E-state index contributed by atoms with van der Waals surface area (Å²) >= 11 is 0. The van der Waals surface area contributed by atoms with Crippen LogP contribution in [0.1, 0.15) is 42.6 Å². The van der Waals surface area contributed by atoms with E-state index in [4.69, 9.17) is 11.5 Å². The van der Waals surface area contributed by atoms with E-state index in [0.717, 1.165) is 37.1 Å². The number of hydrogen-bond acceptors (Lipinski definition) is 4. The normalized spacial score (nSPS) is 20.0. The highest BCUT2D eigenvalue weighted by molar-refractivity contribution is 5.36. The highest BCUT2D eigenvalue weighted by Crippen LogP contribution is 2.32. The van der Waals surface area contributed by atoms with Crippen LogP contribution < -0.4 is 11.5 Å². The summed E-state index contributed by atoms with van der Waals surface area (Å²) in [5, 5.41) is 0. The van der Waals surface area contributed by atoms with Gasteiger partial charge in [0.25, 0.3) is 0 Å². The molecule has 0 bridgehead atoms. The molecule has 1 atom stereocenters. The largest absolute Gasteiger partial charge is 0.368 e. The molecule has 0 spiro atoms. The fraction of sp³-hybridized carbons (Fsp3) is 0.636. The third kappa shape index (κ3) is 1.81. The molecule has 1 unspecified atom stereocenters. The molecular weight excluding hydrogens is 188 g/mol. The average Bonchev–Trinajstić information content (AvgIpc) is 2.26. The van der Waals surface area contributed by atoms with E-state index in [-0.39, 0.29) is 0 Å². The van der Waals surface area contributed by atoms with Gasteiger partial charge in [-0.2, -0.15) is 0 Å². The third-order valence-electron chi connectivity index (χ3n) is 3.11. The highest BCUT2D eigenvalue weighted by Gasteiger charge is 2.24. The fourth-order valence-corrected chi connectivity index (χ4v) is 2.42. The standard InChI is InChI=1S/C11H18N4/c1-2-8-10-7(6-12)4-3-5-9(10)15-11(13)14-8/h7H,2-6,12H2,1H3,(H2,13,14,15).